The molecular formula is C17H17N3S. The van der Waals surface area contributed by atoms with E-state index in [2.05, 4.69) is 59.3 Å². The van der Waals surface area contributed by atoms with Gasteiger partial charge in [0.05, 0.1) is 5.39 Å². The zero-order chi connectivity index (χ0) is 14.8. The summed E-state index contributed by atoms with van der Waals surface area (Å²) in [5, 5.41) is 6.56. The molecule has 0 aliphatic rings. The topological polar surface area (TPSA) is 37.8 Å². The van der Waals surface area contributed by atoms with Gasteiger partial charge in [-0.15, -0.1) is 17.9 Å². The molecule has 0 saturated heterocycles. The predicted octanol–water partition coefficient (Wildman–Crippen LogP) is 4.57. The van der Waals surface area contributed by atoms with Crippen molar-refractivity contribution in [2.24, 2.45) is 0 Å². The maximum atomic E-state index is 4.39. The maximum Gasteiger partial charge on any atom is 0.139 e. The third-order valence-corrected chi connectivity index (χ3v) is 4.34. The first kappa shape index (κ1) is 13.8. The number of anilines is 1. The van der Waals surface area contributed by atoms with Crippen LogP contribution in [0.1, 0.15) is 11.1 Å². The largest absolute Gasteiger partial charge is 0.366 e. The van der Waals surface area contributed by atoms with Gasteiger partial charge in [-0.1, -0.05) is 29.8 Å². The number of rotatable bonds is 4. The van der Waals surface area contributed by atoms with Gasteiger partial charge in [0, 0.05) is 17.5 Å². The maximum absolute atomic E-state index is 4.39. The van der Waals surface area contributed by atoms with Crippen molar-refractivity contribution in [3.8, 4) is 11.1 Å². The van der Waals surface area contributed by atoms with E-state index in [1.165, 1.54) is 22.3 Å². The molecule has 3 nitrogen and oxygen atoms in total. The van der Waals surface area contributed by atoms with Crippen molar-refractivity contribution < 1.29 is 0 Å². The van der Waals surface area contributed by atoms with E-state index in [1.807, 2.05) is 6.08 Å². The monoisotopic (exact) mass is 295 g/mol. The number of aromatic nitrogens is 2. The highest BCUT2D eigenvalue weighted by Gasteiger charge is 2.14. The molecule has 3 rings (SSSR count). The average Bonchev–Trinajstić information content (AvgIpc) is 2.89. The Hall–Kier alpha value is -2.20. The Bertz CT molecular complexity index is 805. The number of hydrogen-bond acceptors (Lipinski definition) is 4. The molecule has 0 aliphatic carbocycles. The fraction of sp³-hybridized carbons (Fsp3) is 0.176. The Balaban J connectivity index is 2.20. The number of thiophene rings is 1. The highest BCUT2D eigenvalue weighted by Crippen LogP contribution is 2.37. The van der Waals surface area contributed by atoms with E-state index in [4.69, 9.17) is 0 Å². The lowest BCUT2D eigenvalue weighted by Crippen LogP contribution is -2.01. The Morgan fingerprint density at radius 2 is 2.10 bits per heavy atom. The van der Waals surface area contributed by atoms with Crippen LogP contribution < -0.4 is 5.32 Å². The number of nitrogens with zero attached hydrogens (tertiary/aromatic N) is 2. The minimum absolute atomic E-state index is 0.689. The smallest absolute Gasteiger partial charge is 0.139 e. The SMILES string of the molecule is C=CCNc1ncnc2scc(-c3ccc(C)cc3C)c12. The molecular weight excluding hydrogens is 278 g/mol. The summed E-state index contributed by atoms with van der Waals surface area (Å²) in [5.41, 5.74) is 4.98. The Labute approximate surface area is 128 Å². The van der Waals surface area contributed by atoms with Crippen LogP contribution in [0.4, 0.5) is 5.82 Å². The Morgan fingerprint density at radius 1 is 1.24 bits per heavy atom. The van der Waals surface area contributed by atoms with E-state index in [0.29, 0.717) is 6.54 Å². The number of nitrogens with one attached hydrogen (secondary N) is 1. The van der Waals surface area contributed by atoms with Crippen molar-refractivity contribution >= 4 is 27.4 Å². The third kappa shape index (κ3) is 2.54. The van der Waals surface area contributed by atoms with Crippen molar-refractivity contribution in [2.45, 2.75) is 13.8 Å². The molecule has 1 aromatic carbocycles. The van der Waals surface area contributed by atoms with Crippen molar-refractivity contribution in [1.29, 1.82) is 0 Å². The van der Waals surface area contributed by atoms with Crippen LogP contribution in [0.3, 0.4) is 0 Å². The fourth-order valence-electron chi connectivity index (χ4n) is 2.49. The van der Waals surface area contributed by atoms with Crippen LogP contribution >= 0.6 is 11.3 Å². The van der Waals surface area contributed by atoms with Crippen LogP contribution in [0.5, 0.6) is 0 Å². The average molecular weight is 295 g/mol. The van der Waals surface area contributed by atoms with Gasteiger partial charge in [0.2, 0.25) is 0 Å². The summed E-state index contributed by atoms with van der Waals surface area (Å²) in [6.45, 7) is 8.69. The molecule has 2 heterocycles. The zero-order valence-electron chi connectivity index (χ0n) is 12.2. The molecule has 3 aromatic rings. The van der Waals surface area contributed by atoms with E-state index in [0.717, 1.165) is 16.0 Å². The van der Waals surface area contributed by atoms with Crippen LogP contribution in [0, 0.1) is 13.8 Å². The molecule has 21 heavy (non-hydrogen) atoms. The van der Waals surface area contributed by atoms with Crippen LogP contribution in [-0.4, -0.2) is 16.5 Å². The van der Waals surface area contributed by atoms with Gasteiger partial charge >= 0.3 is 0 Å². The lowest BCUT2D eigenvalue weighted by Gasteiger charge is -2.09. The van der Waals surface area contributed by atoms with Crippen LogP contribution in [0.2, 0.25) is 0 Å². The molecule has 0 unspecified atom stereocenters. The van der Waals surface area contributed by atoms with Gasteiger partial charge < -0.3 is 5.32 Å². The summed E-state index contributed by atoms with van der Waals surface area (Å²) >= 11 is 1.65. The number of aryl methyl sites for hydroxylation is 2. The molecule has 4 heteroatoms. The molecule has 0 amide bonds. The second-order valence-corrected chi connectivity index (χ2v) is 5.90. The second kappa shape index (κ2) is 5.66. The van der Waals surface area contributed by atoms with E-state index in [9.17, 15) is 0 Å². The first-order valence-electron chi connectivity index (χ1n) is 6.85. The number of fused-ring (bicyclic) bond motifs is 1. The van der Waals surface area contributed by atoms with Gasteiger partial charge in [0.1, 0.15) is 17.0 Å². The van der Waals surface area contributed by atoms with Crippen LogP contribution in [0.25, 0.3) is 21.3 Å². The number of hydrogen-bond donors (Lipinski definition) is 1. The van der Waals surface area contributed by atoms with Gasteiger partial charge in [-0.25, -0.2) is 9.97 Å². The Morgan fingerprint density at radius 3 is 2.86 bits per heavy atom. The van der Waals surface area contributed by atoms with Gasteiger partial charge in [0.25, 0.3) is 0 Å². The molecule has 106 valence electrons. The summed E-state index contributed by atoms with van der Waals surface area (Å²) in [5.74, 6) is 0.871. The van der Waals surface area contributed by atoms with Crippen molar-refractivity contribution in [1.82, 2.24) is 9.97 Å². The molecule has 0 aliphatic heterocycles. The minimum Gasteiger partial charge on any atom is -0.366 e. The highest BCUT2D eigenvalue weighted by atomic mass is 32.1. The molecule has 2 aromatic heterocycles. The summed E-state index contributed by atoms with van der Waals surface area (Å²) < 4.78 is 0. The van der Waals surface area contributed by atoms with Gasteiger partial charge in [-0.2, -0.15) is 0 Å². The highest BCUT2D eigenvalue weighted by molar-refractivity contribution is 7.17. The lowest BCUT2D eigenvalue weighted by atomic mass is 9.99. The van der Waals surface area contributed by atoms with E-state index >= 15 is 0 Å². The summed E-state index contributed by atoms with van der Waals surface area (Å²) in [6, 6.07) is 6.53. The summed E-state index contributed by atoms with van der Waals surface area (Å²) in [4.78, 5) is 9.78. The summed E-state index contributed by atoms with van der Waals surface area (Å²) in [7, 11) is 0. The predicted molar refractivity (Wildman–Crippen MR) is 91.0 cm³/mol. The molecule has 0 atom stereocenters. The molecule has 0 saturated carbocycles. The van der Waals surface area contributed by atoms with Gasteiger partial charge in [-0.3, -0.25) is 0 Å². The van der Waals surface area contributed by atoms with Gasteiger partial charge in [0.15, 0.2) is 0 Å². The van der Waals surface area contributed by atoms with Crippen molar-refractivity contribution in [3.05, 3.63) is 53.7 Å². The quantitative estimate of drug-likeness (QED) is 0.716. The van der Waals surface area contributed by atoms with Crippen molar-refractivity contribution in [3.63, 3.8) is 0 Å². The standard InChI is InChI=1S/C17H17N3S/c1-4-7-18-16-15-14(9-21-17(15)20-10-19-16)13-6-5-11(2)8-12(13)3/h4-6,8-10H,1,7H2,2-3H3,(H,18,19,20). The molecule has 0 bridgehead atoms. The molecule has 0 fully saturated rings. The van der Waals surface area contributed by atoms with Crippen LogP contribution in [0.15, 0.2) is 42.6 Å². The number of benzene rings is 1. The van der Waals surface area contributed by atoms with E-state index in [1.54, 1.807) is 17.7 Å². The molecule has 0 spiro atoms. The molecule has 1 N–H and O–H groups in total. The second-order valence-electron chi connectivity index (χ2n) is 5.04. The van der Waals surface area contributed by atoms with Gasteiger partial charge in [-0.05, 0) is 25.0 Å². The first-order valence-corrected chi connectivity index (χ1v) is 7.73. The van der Waals surface area contributed by atoms with Crippen molar-refractivity contribution in [2.75, 3.05) is 11.9 Å². The first-order chi connectivity index (χ1) is 10.2. The minimum atomic E-state index is 0.689. The molecule has 0 radical (unpaired) electrons. The summed E-state index contributed by atoms with van der Waals surface area (Å²) in [6.07, 6.45) is 3.44. The third-order valence-electron chi connectivity index (χ3n) is 3.46. The van der Waals surface area contributed by atoms with E-state index < -0.39 is 0 Å². The van der Waals surface area contributed by atoms with E-state index in [-0.39, 0.29) is 0 Å². The normalized spacial score (nSPS) is 10.8. The Kier molecular flexibility index (Phi) is 3.71. The lowest BCUT2D eigenvalue weighted by molar-refractivity contribution is 1.19. The van der Waals surface area contributed by atoms with Crippen LogP contribution in [-0.2, 0) is 0 Å². The zero-order valence-corrected chi connectivity index (χ0v) is 13.0. The fourth-order valence-corrected chi connectivity index (χ4v) is 3.40.